The summed E-state index contributed by atoms with van der Waals surface area (Å²) in [7, 11) is 0. The number of carboxylic acid groups (broad SMARTS) is 1. The molecule has 1 aromatic carbocycles. The van der Waals surface area contributed by atoms with Gasteiger partial charge in [-0.1, -0.05) is 31.4 Å². The summed E-state index contributed by atoms with van der Waals surface area (Å²) in [5.41, 5.74) is 0.185. The van der Waals surface area contributed by atoms with Crippen molar-refractivity contribution in [3.8, 4) is 0 Å². The molecule has 2 aromatic rings. The number of aromatic carboxylic acids is 1. The minimum atomic E-state index is -0.989. The van der Waals surface area contributed by atoms with Gasteiger partial charge in [0.25, 0.3) is 0 Å². The third kappa shape index (κ3) is 3.17. The van der Waals surface area contributed by atoms with E-state index < -0.39 is 5.97 Å². The molecule has 0 saturated carbocycles. The van der Waals surface area contributed by atoms with Gasteiger partial charge in [0.15, 0.2) is 11.0 Å². The molecule has 6 heteroatoms. The second kappa shape index (κ2) is 6.52. The van der Waals surface area contributed by atoms with Crippen molar-refractivity contribution in [3.05, 3.63) is 28.9 Å². The van der Waals surface area contributed by atoms with E-state index in [0.717, 1.165) is 31.2 Å². The lowest BCUT2D eigenvalue weighted by atomic mass is 10.1. The summed E-state index contributed by atoms with van der Waals surface area (Å²) in [4.78, 5) is 11.0. The first kappa shape index (κ1) is 14.5. The number of unbranched alkanes of at least 4 members (excludes halogenated alkanes) is 2. The van der Waals surface area contributed by atoms with E-state index in [1.807, 2.05) is 0 Å². The highest BCUT2D eigenvalue weighted by molar-refractivity contribution is 6.34. The zero-order valence-corrected chi connectivity index (χ0v) is 11.9. The van der Waals surface area contributed by atoms with Crippen LogP contribution in [0, 0.1) is 0 Å². The number of benzene rings is 1. The van der Waals surface area contributed by atoms with Gasteiger partial charge in [0.1, 0.15) is 0 Å². The Morgan fingerprint density at radius 3 is 2.80 bits per heavy atom. The summed E-state index contributed by atoms with van der Waals surface area (Å²) >= 11 is 6.00. The molecule has 0 amide bonds. The summed E-state index contributed by atoms with van der Waals surface area (Å²) in [5.74, 6) is -0.352. The van der Waals surface area contributed by atoms with E-state index in [1.165, 1.54) is 6.07 Å². The fraction of sp³-hybridized carbons (Fsp3) is 0.357. The molecule has 0 radical (unpaired) electrons. The number of fused-ring (bicyclic) bond motifs is 1. The molecule has 0 bridgehead atoms. The fourth-order valence-corrected chi connectivity index (χ4v) is 2.16. The topological polar surface area (TPSA) is 75.1 Å². The van der Waals surface area contributed by atoms with Gasteiger partial charge >= 0.3 is 5.97 Å². The fourth-order valence-electron chi connectivity index (χ4n) is 1.97. The monoisotopic (exact) mass is 293 g/mol. The summed E-state index contributed by atoms with van der Waals surface area (Å²) in [6, 6.07) is 4.77. The Labute approximate surface area is 122 Å². The van der Waals surface area contributed by atoms with E-state index >= 15 is 0 Å². The Balaban J connectivity index is 2.32. The van der Waals surface area contributed by atoms with Crippen LogP contribution >= 0.6 is 11.6 Å². The summed E-state index contributed by atoms with van der Waals surface area (Å²) < 4.78 is 0. The smallest absolute Gasteiger partial charge is 0.335 e. The van der Waals surface area contributed by atoms with Gasteiger partial charge in [-0.15, -0.1) is 10.2 Å². The van der Waals surface area contributed by atoms with E-state index in [4.69, 9.17) is 16.7 Å². The molecular formula is C14H16ClN3O2. The summed E-state index contributed by atoms with van der Waals surface area (Å²) in [6.07, 6.45) is 3.35. The normalized spacial score (nSPS) is 10.7. The number of halogens is 1. The Kier molecular flexibility index (Phi) is 4.74. The molecule has 0 unspecified atom stereocenters. The average molecular weight is 294 g/mol. The molecule has 1 heterocycles. The first-order chi connectivity index (χ1) is 9.63. The zero-order chi connectivity index (χ0) is 14.5. The van der Waals surface area contributed by atoms with E-state index in [2.05, 4.69) is 22.4 Å². The summed E-state index contributed by atoms with van der Waals surface area (Å²) in [5, 5.41) is 21.7. The number of nitrogens with one attached hydrogen (secondary N) is 1. The average Bonchev–Trinajstić information content (AvgIpc) is 2.45. The minimum absolute atomic E-state index is 0.185. The predicted octanol–water partition coefficient (Wildman–Crippen LogP) is 3.58. The van der Waals surface area contributed by atoms with Crippen molar-refractivity contribution >= 4 is 34.2 Å². The van der Waals surface area contributed by atoms with Crippen LogP contribution in [0.25, 0.3) is 10.8 Å². The maximum absolute atomic E-state index is 11.0. The molecule has 0 spiro atoms. The van der Waals surface area contributed by atoms with Gasteiger partial charge in [0.05, 0.1) is 5.56 Å². The van der Waals surface area contributed by atoms with Crippen LogP contribution in [-0.2, 0) is 0 Å². The predicted molar refractivity (Wildman–Crippen MR) is 79.5 cm³/mol. The number of carboxylic acids is 1. The first-order valence-corrected chi connectivity index (χ1v) is 6.94. The molecule has 0 aliphatic rings. The molecule has 106 valence electrons. The van der Waals surface area contributed by atoms with Crippen LogP contribution in [0.15, 0.2) is 18.2 Å². The molecule has 2 rings (SSSR count). The van der Waals surface area contributed by atoms with E-state index in [0.29, 0.717) is 11.2 Å². The van der Waals surface area contributed by atoms with Crippen molar-refractivity contribution in [2.24, 2.45) is 0 Å². The largest absolute Gasteiger partial charge is 0.478 e. The Morgan fingerprint density at radius 2 is 2.10 bits per heavy atom. The van der Waals surface area contributed by atoms with Gasteiger partial charge in [0.2, 0.25) is 0 Å². The highest BCUT2D eigenvalue weighted by Gasteiger charge is 2.11. The van der Waals surface area contributed by atoms with Crippen LogP contribution < -0.4 is 5.32 Å². The van der Waals surface area contributed by atoms with E-state index in [1.54, 1.807) is 12.1 Å². The quantitative estimate of drug-likeness (QED) is 0.796. The van der Waals surface area contributed by atoms with Crippen molar-refractivity contribution in [2.75, 3.05) is 11.9 Å². The molecule has 0 saturated heterocycles. The van der Waals surface area contributed by atoms with E-state index in [-0.39, 0.29) is 10.7 Å². The maximum Gasteiger partial charge on any atom is 0.335 e. The lowest BCUT2D eigenvalue weighted by Gasteiger charge is -2.09. The number of aromatic nitrogens is 2. The number of anilines is 1. The molecule has 1 aromatic heterocycles. The van der Waals surface area contributed by atoms with Gasteiger partial charge in [-0.2, -0.15) is 0 Å². The second-order valence-electron chi connectivity index (χ2n) is 4.54. The van der Waals surface area contributed by atoms with Crippen LogP contribution in [0.2, 0.25) is 5.15 Å². The standard InChI is InChI=1S/C14H16ClN3O2/c1-2-3-4-7-16-13-10-6-5-9(14(19)20)8-11(10)12(15)17-18-13/h5-6,8H,2-4,7H2,1H3,(H,16,18)(H,19,20). The maximum atomic E-state index is 11.0. The van der Waals surface area contributed by atoms with Crippen molar-refractivity contribution in [3.63, 3.8) is 0 Å². The van der Waals surface area contributed by atoms with Gasteiger partial charge in [-0.05, 0) is 24.6 Å². The Bertz CT molecular complexity index is 631. The third-order valence-corrected chi connectivity index (χ3v) is 3.33. The van der Waals surface area contributed by atoms with Crippen molar-refractivity contribution in [1.82, 2.24) is 10.2 Å². The Hall–Kier alpha value is -1.88. The van der Waals surface area contributed by atoms with Crippen molar-refractivity contribution < 1.29 is 9.90 Å². The molecule has 2 N–H and O–H groups in total. The van der Waals surface area contributed by atoms with Crippen LogP contribution in [0.4, 0.5) is 5.82 Å². The van der Waals surface area contributed by atoms with E-state index in [9.17, 15) is 4.79 Å². The number of hydrogen-bond donors (Lipinski definition) is 2. The molecule has 0 atom stereocenters. The highest BCUT2D eigenvalue weighted by Crippen LogP contribution is 2.27. The van der Waals surface area contributed by atoms with Crippen molar-refractivity contribution in [2.45, 2.75) is 26.2 Å². The zero-order valence-electron chi connectivity index (χ0n) is 11.2. The molecule has 0 aliphatic carbocycles. The van der Waals surface area contributed by atoms with Crippen LogP contribution in [0.3, 0.4) is 0 Å². The van der Waals surface area contributed by atoms with Crippen molar-refractivity contribution in [1.29, 1.82) is 0 Å². The molecular weight excluding hydrogens is 278 g/mol. The van der Waals surface area contributed by atoms with Gasteiger partial charge in [-0.25, -0.2) is 4.79 Å². The number of hydrogen-bond acceptors (Lipinski definition) is 4. The second-order valence-corrected chi connectivity index (χ2v) is 4.90. The highest BCUT2D eigenvalue weighted by atomic mass is 35.5. The number of rotatable bonds is 6. The third-order valence-electron chi connectivity index (χ3n) is 3.05. The van der Waals surface area contributed by atoms with Gasteiger partial charge in [0, 0.05) is 17.3 Å². The molecule has 0 fully saturated rings. The molecule has 0 aliphatic heterocycles. The lowest BCUT2D eigenvalue weighted by Crippen LogP contribution is -2.05. The Morgan fingerprint density at radius 1 is 1.30 bits per heavy atom. The van der Waals surface area contributed by atoms with Gasteiger partial charge in [-0.3, -0.25) is 0 Å². The number of carbonyl (C=O) groups is 1. The SMILES string of the molecule is CCCCCNc1nnc(Cl)c2cc(C(=O)O)ccc12. The minimum Gasteiger partial charge on any atom is -0.478 e. The lowest BCUT2D eigenvalue weighted by molar-refractivity contribution is 0.0697. The first-order valence-electron chi connectivity index (χ1n) is 6.56. The molecule has 20 heavy (non-hydrogen) atoms. The van der Waals surface area contributed by atoms with Gasteiger partial charge < -0.3 is 10.4 Å². The van der Waals surface area contributed by atoms with Crippen LogP contribution in [0.1, 0.15) is 36.5 Å². The van der Waals surface area contributed by atoms with Crippen LogP contribution in [0.5, 0.6) is 0 Å². The summed E-state index contributed by atoms with van der Waals surface area (Å²) in [6.45, 7) is 2.95. The number of nitrogens with zero attached hydrogens (tertiary/aromatic N) is 2. The molecule has 5 nitrogen and oxygen atoms in total. The van der Waals surface area contributed by atoms with Crippen LogP contribution in [-0.4, -0.2) is 27.8 Å².